The zero-order valence-corrected chi connectivity index (χ0v) is 12.8. The number of carbonyl (C=O) groups is 1. The van der Waals surface area contributed by atoms with Gasteiger partial charge in [0.05, 0.1) is 0 Å². The highest BCUT2D eigenvalue weighted by Crippen LogP contribution is 2.47. The molecule has 4 heteroatoms. The fourth-order valence-electron chi connectivity index (χ4n) is 2.37. The molecule has 4 nitrogen and oxygen atoms in total. The standard InChI is InChI=1S/C16H25N3O/c1-4-13-9-12(10-14(19-13)17-6-3)15(20)18-11-16(5-2)7-8-16/h9-10H,4-8,11H2,1-3H3,(H,17,19)(H,18,20). The second-order valence-electron chi connectivity index (χ2n) is 5.65. The first-order chi connectivity index (χ1) is 9.62. The number of nitrogens with one attached hydrogen (secondary N) is 2. The predicted molar refractivity (Wildman–Crippen MR) is 82.1 cm³/mol. The molecule has 2 rings (SSSR count). The SMILES string of the molecule is CCNc1cc(C(=O)NCC2(CC)CC2)cc(CC)n1. The Morgan fingerprint density at radius 3 is 2.60 bits per heavy atom. The molecule has 1 aliphatic rings. The fraction of sp³-hybridized carbons (Fsp3) is 0.625. The zero-order valence-electron chi connectivity index (χ0n) is 12.8. The highest BCUT2D eigenvalue weighted by Gasteiger charge is 2.40. The molecule has 0 atom stereocenters. The topological polar surface area (TPSA) is 54.0 Å². The molecule has 0 bridgehead atoms. The zero-order chi connectivity index (χ0) is 14.6. The molecule has 20 heavy (non-hydrogen) atoms. The molecule has 1 heterocycles. The van der Waals surface area contributed by atoms with Crippen LogP contribution in [0.1, 0.15) is 56.1 Å². The Morgan fingerprint density at radius 2 is 2.05 bits per heavy atom. The monoisotopic (exact) mass is 275 g/mol. The minimum absolute atomic E-state index is 0.0148. The Labute approximate surface area is 121 Å². The second-order valence-corrected chi connectivity index (χ2v) is 5.65. The molecule has 1 aliphatic carbocycles. The largest absolute Gasteiger partial charge is 0.370 e. The van der Waals surface area contributed by atoms with Gasteiger partial charge in [-0.3, -0.25) is 4.79 Å². The van der Waals surface area contributed by atoms with E-state index in [9.17, 15) is 4.79 Å². The van der Waals surface area contributed by atoms with E-state index in [0.717, 1.165) is 37.4 Å². The van der Waals surface area contributed by atoms with Gasteiger partial charge in [0, 0.05) is 24.3 Å². The minimum Gasteiger partial charge on any atom is -0.370 e. The number of nitrogens with zero attached hydrogens (tertiary/aromatic N) is 1. The first kappa shape index (κ1) is 14.8. The van der Waals surface area contributed by atoms with Crippen molar-refractivity contribution in [1.29, 1.82) is 0 Å². The number of aryl methyl sites for hydroxylation is 1. The number of rotatable bonds is 7. The van der Waals surface area contributed by atoms with Crippen LogP contribution < -0.4 is 10.6 Å². The molecule has 0 spiro atoms. The van der Waals surface area contributed by atoms with E-state index in [2.05, 4.69) is 29.5 Å². The third kappa shape index (κ3) is 3.50. The average molecular weight is 275 g/mol. The van der Waals surface area contributed by atoms with Gasteiger partial charge >= 0.3 is 0 Å². The van der Waals surface area contributed by atoms with Crippen molar-refractivity contribution >= 4 is 11.7 Å². The maximum atomic E-state index is 12.3. The number of hydrogen-bond acceptors (Lipinski definition) is 3. The van der Waals surface area contributed by atoms with Gasteiger partial charge in [0.15, 0.2) is 0 Å². The maximum Gasteiger partial charge on any atom is 0.251 e. The Hall–Kier alpha value is -1.58. The van der Waals surface area contributed by atoms with Crippen molar-refractivity contribution in [1.82, 2.24) is 10.3 Å². The van der Waals surface area contributed by atoms with Gasteiger partial charge in [-0.15, -0.1) is 0 Å². The van der Waals surface area contributed by atoms with Gasteiger partial charge in [-0.05, 0) is 50.2 Å². The maximum absolute atomic E-state index is 12.3. The lowest BCUT2D eigenvalue weighted by molar-refractivity contribution is 0.0944. The van der Waals surface area contributed by atoms with Crippen molar-refractivity contribution in [2.24, 2.45) is 5.41 Å². The molecule has 0 unspecified atom stereocenters. The lowest BCUT2D eigenvalue weighted by Gasteiger charge is -2.14. The quantitative estimate of drug-likeness (QED) is 0.804. The van der Waals surface area contributed by atoms with E-state index in [1.54, 1.807) is 0 Å². The molecule has 1 fully saturated rings. The Kier molecular flexibility index (Phi) is 4.63. The van der Waals surface area contributed by atoms with Crippen LogP contribution in [0.15, 0.2) is 12.1 Å². The van der Waals surface area contributed by atoms with Crippen LogP contribution in [0.4, 0.5) is 5.82 Å². The van der Waals surface area contributed by atoms with E-state index < -0.39 is 0 Å². The molecule has 1 amide bonds. The molecule has 0 aromatic carbocycles. The van der Waals surface area contributed by atoms with Crippen LogP contribution in [0.5, 0.6) is 0 Å². The molecule has 110 valence electrons. The summed E-state index contributed by atoms with van der Waals surface area (Å²) in [5.74, 6) is 0.801. The van der Waals surface area contributed by atoms with E-state index in [1.807, 2.05) is 19.1 Å². The summed E-state index contributed by atoms with van der Waals surface area (Å²) >= 11 is 0. The smallest absolute Gasteiger partial charge is 0.251 e. The van der Waals surface area contributed by atoms with Gasteiger partial charge in [-0.2, -0.15) is 0 Å². The normalized spacial score (nSPS) is 15.8. The number of carbonyl (C=O) groups excluding carboxylic acids is 1. The van der Waals surface area contributed by atoms with Crippen molar-refractivity contribution in [2.75, 3.05) is 18.4 Å². The molecule has 1 aromatic heterocycles. The average Bonchev–Trinajstić information content (AvgIpc) is 3.25. The number of amides is 1. The van der Waals surface area contributed by atoms with Gasteiger partial charge in [-0.25, -0.2) is 4.98 Å². The molecular weight excluding hydrogens is 250 g/mol. The van der Waals surface area contributed by atoms with Crippen LogP contribution in [0.25, 0.3) is 0 Å². The van der Waals surface area contributed by atoms with Crippen LogP contribution in [-0.2, 0) is 6.42 Å². The van der Waals surface area contributed by atoms with Crippen molar-refractivity contribution in [3.63, 3.8) is 0 Å². The highest BCUT2D eigenvalue weighted by atomic mass is 16.1. The fourth-order valence-corrected chi connectivity index (χ4v) is 2.37. The molecule has 0 radical (unpaired) electrons. The minimum atomic E-state index is 0.0148. The van der Waals surface area contributed by atoms with Gasteiger partial charge in [0.2, 0.25) is 0 Å². The number of hydrogen-bond donors (Lipinski definition) is 2. The van der Waals surface area contributed by atoms with Crippen LogP contribution in [0.2, 0.25) is 0 Å². The third-order valence-electron chi connectivity index (χ3n) is 4.19. The van der Waals surface area contributed by atoms with E-state index >= 15 is 0 Å². The first-order valence-corrected chi connectivity index (χ1v) is 7.65. The van der Waals surface area contributed by atoms with E-state index in [4.69, 9.17) is 0 Å². The van der Waals surface area contributed by atoms with Gasteiger partial charge in [0.1, 0.15) is 5.82 Å². The number of aromatic nitrogens is 1. The summed E-state index contributed by atoms with van der Waals surface area (Å²) < 4.78 is 0. The Morgan fingerprint density at radius 1 is 1.30 bits per heavy atom. The summed E-state index contributed by atoms with van der Waals surface area (Å²) in [6.07, 6.45) is 4.46. The molecule has 1 saturated carbocycles. The first-order valence-electron chi connectivity index (χ1n) is 7.65. The predicted octanol–water partition coefficient (Wildman–Crippen LogP) is 3.00. The number of pyridine rings is 1. The lowest BCUT2D eigenvalue weighted by Crippen LogP contribution is -2.30. The van der Waals surface area contributed by atoms with Crippen LogP contribution in [-0.4, -0.2) is 24.0 Å². The van der Waals surface area contributed by atoms with E-state index in [-0.39, 0.29) is 5.91 Å². The summed E-state index contributed by atoms with van der Waals surface area (Å²) in [5.41, 5.74) is 2.03. The molecule has 0 aliphatic heterocycles. The lowest BCUT2D eigenvalue weighted by atomic mass is 10.0. The van der Waals surface area contributed by atoms with Gasteiger partial charge in [0.25, 0.3) is 5.91 Å². The second kappa shape index (κ2) is 6.25. The van der Waals surface area contributed by atoms with Crippen molar-refractivity contribution in [3.8, 4) is 0 Å². The van der Waals surface area contributed by atoms with Crippen LogP contribution in [0.3, 0.4) is 0 Å². The Balaban J connectivity index is 2.06. The van der Waals surface area contributed by atoms with Crippen LogP contribution >= 0.6 is 0 Å². The molecular formula is C16H25N3O. The van der Waals surface area contributed by atoms with Crippen molar-refractivity contribution < 1.29 is 4.79 Å². The van der Waals surface area contributed by atoms with Gasteiger partial charge in [-0.1, -0.05) is 13.8 Å². The van der Waals surface area contributed by atoms with E-state index in [0.29, 0.717) is 11.0 Å². The molecule has 0 saturated heterocycles. The third-order valence-corrected chi connectivity index (χ3v) is 4.19. The summed E-state index contributed by atoms with van der Waals surface area (Å²) in [5, 5.41) is 6.26. The van der Waals surface area contributed by atoms with Gasteiger partial charge < -0.3 is 10.6 Å². The highest BCUT2D eigenvalue weighted by molar-refractivity contribution is 5.95. The Bertz CT molecular complexity index is 481. The van der Waals surface area contributed by atoms with Crippen molar-refractivity contribution in [2.45, 2.75) is 46.5 Å². The summed E-state index contributed by atoms with van der Waals surface area (Å²) in [6, 6.07) is 3.73. The summed E-state index contributed by atoms with van der Waals surface area (Å²) in [6.45, 7) is 7.88. The molecule has 2 N–H and O–H groups in total. The molecule has 1 aromatic rings. The summed E-state index contributed by atoms with van der Waals surface area (Å²) in [7, 11) is 0. The number of anilines is 1. The van der Waals surface area contributed by atoms with Crippen LogP contribution in [0, 0.1) is 5.41 Å². The van der Waals surface area contributed by atoms with Crippen molar-refractivity contribution in [3.05, 3.63) is 23.4 Å². The van der Waals surface area contributed by atoms with E-state index in [1.165, 1.54) is 12.8 Å². The summed E-state index contributed by atoms with van der Waals surface area (Å²) in [4.78, 5) is 16.8.